The minimum Gasteiger partial charge on any atom is -0.324 e. The van der Waals surface area contributed by atoms with Crippen LogP contribution >= 0.6 is 0 Å². The van der Waals surface area contributed by atoms with Gasteiger partial charge in [-0.2, -0.15) is 18.4 Å². The third-order valence-corrected chi connectivity index (χ3v) is 6.76. The van der Waals surface area contributed by atoms with Crippen molar-refractivity contribution in [3.05, 3.63) is 54.1 Å². The fraction of sp³-hybridized carbons (Fsp3) is 0.190. The van der Waals surface area contributed by atoms with Crippen molar-refractivity contribution in [1.82, 2.24) is 24.5 Å². The lowest BCUT2D eigenvalue weighted by atomic mass is 10.1. The van der Waals surface area contributed by atoms with Gasteiger partial charge in [0.25, 0.3) is 0 Å². The topological polar surface area (TPSA) is 114 Å². The molecule has 8 nitrogen and oxygen atoms in total. The number of nitriles is 1. The molecule has 4 rings (SSSR count). The van der Waals surface area contributed by atoms with Crippen LogP contribution < -0.4 is 0 Å². The summed E-state index contributed by atoms with van der Waals surface area (Å²) in [6.07, 6.45) is -0.805. The van der Waals surface area contributed by atoms with Crippen molar-refractivity contribution in [2.24, 2.45) is 7.05 Å². The van der Waals surface area contributed by atoms with Crippen molar-refractivity contribution in [3.63, 3.8) is 0 Å². The first-order chi connectivity index (χ1) is 15.5. The van der Waals surface area contributed by atoms with Gasteiger partial charge in [0, 0.05) is 25.0 Å². The Morgan fingerprint density at radius 3 is 2.55 bits per heavy atom. The summed E-state index contributed by atoms with van der Waals surface area (Å²) in [7, 11) is -2.28. The number of sulfone groups is 1. The van der Waals surface area contributed by atoms with Crippen molar-refractivity contribution in [1.29, 1.82) is 5.26 Å². The van der Waals surface area contributed by atoms with Gasteiger partial charge in [0.05, 0.1) is 45.2 Å². The van der Waals surface area contributed by atoms with Crippen LogP contribution in [-0.2, 0) is 23.1 Å². The molecule has 0 bridgehead atoms. The molecule has 0 unspecified atom stereocenters. The minimum absolute atomic E-state index is 0.00364. The summed E-state index contributed by atoms with van der Waals surface area (Å²) in [4.78, 5) is 16.0. The highest BCUT2D eigenvalue weighted by Crippen LogP contribution is 2.33. The predicted molar refractivity (Wildman–Crippen MR) is 112 cm³/mol. The largest absolute Gasteiger partial charge is 0.433 e. The van der Waals surface area contributed by atoms with Crippen LogP contribution in [0.15, 0.2) is 47.8 Å². The lowest BCUT2D eigenvalue weighted by Gasteiger charge is -2.11. The number of halogens is 3. The molecule has 0 N–H and O–H groups in total. The number of aromatic nitrogens is 5. The number of nitrogens with zero attached hydrogens (tertiary/aromatic N) is 6. The molecule has 0 aliphatic rings. The second-order valence-electron chi connectivity index (χ2n) is 7.07. The van der Waals surface area contributed by atoms with Gasteiger partial charge in [-0.15, -0.1) is 0 Å². The van der Waals surface area contributed by atoms with Crippen LogP contribution in [0, 0.1) is 11.3 Å². The Bertz CT molecular complexity index is 1540. The maximum atomic E-state index is 13.1. The molecule has 0 atom stereocenters. The Labute approximate surface area is 186 Å². The molecule has 0 amide bonds. The highest BCUT2D eigenvalue weighted by molar-refractivity contribution is 7.91. The second kappa shape index (κ2) is 7.93. The molecule has 0 radical (unpaired) electrons. The average molecular weight is 472 g/mol. The Kier molecular flexibility index (Phi) is 5.37. The zero-order valence-electron chi connectivity index (χ0n) is 17.3. The molecule has 4 aromatic heterocycles. The van der Waals surface area contributed by atoms with E-state index in [1.807, 2.05) is 6.07 Å². The third-order valence-electron chi connectivity index (χ3n) is 5.02. The van der Waals surface area contributed by atoms with Crippen molar-refractivity contribution in [3.8, 4) is 28.8 Å². The first-order valence-electron chi connectivity index (χ1n) is 9.54. The molecular weight excluding hydrogens is 457 g/mol. The third kappa shape index (κ3) is 4.03. The quantitative estimate of drug-likeness (QED) is 0.444. The predicted octanol–water partition coefficient (Wildman–Crippen LogP) is 3.78. The van der Waals surface area contributed by atoms with Gasteiger partial charge in [-0.1, -0.05) is 6.92 Å². The van der Waals surface area contributed by atoms with Crippen LogP contribution in [0.4, 0.5) is 13.2 Å². The van der Waals surface area contributed by atoms with Crippen LogP contribution in [0.5, 0.6) is 0 Å². The smallest absolute Gasteiger partial charge is 0.324 e. The van der Waals surface area contributed by atoms with Gasteiger partial charge in [0.1, 0.15) is 11.4 Å². The SMILES string of the molecule is CCS(=O)(=O)c1cc(-c2cc(C#N)ccn2)cnc1-c1nc2cc(C(F)(F)F)ncc2n1C. The molecule has 0 fully saturated rings. The second-order valence-corrected chi connectivity index (χ2v) is 9.31. The molecule has 4 aromatic rings. The maximum absolute atomic E-state index is 13.1. The van der Waals surface area contributed by atoms with Gasteiger partial charge in [-0.25, -0.2) is 18.4 Å². The van der Waals surface area contributed by atoms with Crippen molar-refractivity contribution >= 4 is 20.9 Å². The lowest BCUT2D eigenvalue weighted by molar-refractivity contribution is -0.141. The highest BCUT2D eigenvalue weighted by atomic mass is 32.2. The molecule has 0 aromatic carbocycles. The van der Waals surface area contributed by atoms with E-state index in [-0.39, 0.29) is 33.2 Å². The molecule has 0 saturated carbocycles. The number of pyridine rings is 3. The molecule has 12 heteroatoms. The number of imidazole rings is 1. The van der Waals surface area contributed by atoms with E-state index in [9.17, 15) is 21.6 Å². The van der Waals surface area contributed by atoms with Gasteiger partial charge in [0.15, 0.2) is 15.7 Å². The molecule has 0 aliphatic carbocycles. The van der Waals surface area contributed by atoms with Crippen molar-refractivity contribution in [2.75, 3.05) is 5.75 Å². The fourth-order valence-corrected chi connectivity index (χ4v) is 4.31. The minimum atomic E-state index is -4.65. The monoisotopic (exact) mass is 472 g/mol. The maximum Gasteiger partial charge on any atom is 0.433 e. The average Bonchev–Trinajstić information content (AvgIpc) is 3.14. The van der Waals surface area contributed by atoms with E-state index < -0.39 is 21.7 Å². The molecule has 4 heterocycles. The van der Waals surface area contributed by atoms with Gasteiger partial charge < -0.3 is 4.57 Å². The highest BCUT2D eigenvalue weighted by Gasteiger charge is 2.33. The molecule has 0 spiro atoms. The summed E-state index contributed by atoms with van der Waals surface area (Å²) in [5, 5.41) is 9.12. The summed E-state index contributed by atoms with van der Waals surface area (Å²) in [6.45, 7) is 1.47. The van der Waals surface area contributed by atoms with E-state index in [0.717, 1.165) is 12.3 Å². The normalized spacial score (nSPS) is 12.1. The number of hydrogen-bond acceptors (Lipinski definition) is 7. The van der Waals surface area contributed by atoms with Crippen LogP contribution in [-0.4, -0.2) is 38.7 Å². The van der Waals surface area contributed by atoms with Gasteiger partial charge >= 0.3 is 6.18 Å². The number of rotatable bonds is 4. The summed E-state index contributed by atoms with van der Waals surface area (Å²) >= 11 is 0. The van der Waals surface area contributed by atoms with Crippen LogP contribution in [0.1, 0.15) is 18.2 Å². The van der Waals surface area contributed by atoms with E-state index in [1.54, 1.807) is 0 Å². The van der Waals surface area contributed by atoms with Gasteiger partial charge in [-0.3, -0.25) is 9.97 Å². The zero-order valence-corrected chi connectivity index (χ0v) is 18.1. The van der Waals surface area contributed by atoms with Gasteiger partial charge in [0.2, 0.25) is 0 Å². The summed E-state index contributed by atoms with van der Waals surface area (Å²) in [6, 6.07) is 7.18. The Balaban J connectivity index is 1.95. The Morgan fingerprint density at radius 1 is 1.12 bits per heavy atom. The first-order valence-corrected chi connectivity index (χ1v) is 11.2. The van der Waals surface area contributed by atoms with Crippen molar-refractivity contribution in [2.45, 2.75) is 18.0 Å². The zero-order chi connectivity index (χ0) is 24.0. The lowest BCUT2D eigenvalue weighted by Crippen LogP contribution is -2.09. The molecule has 168 valence electrons. The Morgan fingerprint density at radius 2 is 1.88 bits per heavy atom. The number of aryl methyl sites for hydroxylation is 1. The summed E-state index contributed by atoms with van der Waals surface area (Å²) in [5.41, 5.74) is 0.229. The molecular formula is C21H15F3N6O2S. The molecule has 0 saturated heterocycles. The Hall–Kier alpha value is -3.85. The standard InChI is InChI=1S/C21H15F3N6O2S/c1-3-33(31,32)17-7-13(14-6-12(9-25)4-5-26-14)10-28-19(17)20-29-15-8-18(21(22,23)24)27-11-16(15)30(20)2/h4-8,10-11H,3H2,1-2H3. The van der Waals surface area contributed by atoms with E-state index in [0.29, 0.717) is 16.8 Å². The van der Waals surface area contributed by atoms with E-state index in [1.165, 1.54) is 49.1 Å². The van der Waals surface area contributed by atoms with Crippen molar-refractivity contribution < 1.29 is 21.6 Å². The van der Waals surface area contributed by atoms with E-state index in [4.69, 9.17) is 5.26 Å². The molecule has 0 aliphatic heterocycles. The summed E-state index contributed by atoms with van der Waals surface area (Å²) < 4.78 is 66.4. The van der Waals surface area contributed by atoms with E-state index >= 15 is 0 Å². The first kappa shape index (κ1) is 22.3. The van der Waals surface area contributed by atoms with E-state index in [2.05, 4.69) is 19.9 Å². The summed E-state index contributed by atoms with van der Waals surface area (Å²) in [5.74, 6) is -0.163. The number of alkyl halides is 3. The fourth-order valence-electron chi connectivity index (χ4n) is 3.26. The number of fused-ring (bicyclic) bond motifs is 1. The van der Waals surface area contributed by atoms with Crippen LogP contribution in [0.2, 0.25) is 0 Å². The van der Waals surface area contributed by atoms with Crippen LogP contribution in [0.25, 0.3) is 33.8 Å². The number of hydrogen-bond donors (Lipinski definition) is 0. The van der Waals surface area contributed by atoms with Gasteiger partial charge in [-0.05, 0) is 24.3 Å². The molecule has 33 heavy (non-hydrogen) atoms. The van der Waals surface area contributed by atoms with Crippen LogP contribution in [0.3, 0.4) is 0 Å².